The van der Waals surface area contributed by atoms with E-state index >= 15 is 0 Å². The van der Waals surface area contributed by atoms with Gasteiger partial charge in [-0.1, -0.05) is 71.3 Å². The molecule has 0 fully saturated rings. The molecule has 0 aromatic heterocycles. The summed E-state index contributed by atoms with van der Waals surface area (Å²) in [6.45, 7) is 10.2. The molecule has 0 radical (unpaired) electrons. The molecule has 0 aromatic rings. The summed E-state index contributed by atoms with van der Waals surface area (Å²) < 4.78 is 5.34. The Bertz CT molecular complexity index is 384. The van der Waals surface area contributed by atoms with E-state index in [1.54, 1.807) is 0 Å². The molecule has 0 saturated carbocycles. The molecule has 0 aliphatic carbocycles. The van der Waals surface area contributed by atoms with Crippen LogP contribution in [-0.4, -0.2) is 24.5 Å². The molecule has 1 atom stereocenters. The van der Waals surface area contributed by atoms with E-state index in [2.05, 4.69) is 12.2 Å². The molecular formula is C20H37NO3. The Kier molecular flexibility index (Phi) is 13.3. The second-order valence-corrected chi connectivity index (χ2v) is 7.09. The number of hydrogen-bond donors (Lipinski definition) is 1. The highest BCUT2D eigenvalue weighted by atomic mass is 16.5. The number of allylic oxidation sites excluding steroid dienone is 1. The molecule has 0 aliphatic heterocycles. The average molecular weight is 340 g/mol. The van der Waals surface area contributed by atoms with Crippen LogP contribution in [0.4, 0.5) is 0 Å². The lowest BCUT2D eigenvalue weighted by atomic mass is 10.0. The van der Waals surface area contributed by atoms with Gasteiger partial charge in [0.25, 0.3) is 0 Å². The van der Waals surface area contributed by atoms with E-state index in [0.29, 0.717) is 6.61 Å². The third kappa shape index (κ3) is 12.1. The van der Waals surface area contributed by atoms with Gasteiger partial charge in [0.05, 0.1) is 6.61 Å². The van der Waals surface area contributed by atoms with E-state index < -0.39 is 6.04 Å². The molecule has 4 heteroatoms. The predicted molar refractivity (Wildman–Crippen MR) is 99.8 cm³/mol. The van der Waals surface area contributed by atoms with Gasteiger partial charge in [0, 0.05) is 6.08 Å². The van der Waals surface area contributed by atoms with E-state index in [4.69, 9.17) is 4.74 Å². The molecule has 0 aromatic carbocycles. The maximum absolute atomic E-state index is 12.2. The van der Waals surface area contributed by atoms with Crippen LogP contribution in [0.25, 0.3) is 0 Å². The van der Waals surface area contributed by atoms with Crippen LogP contribution in [0.15, 0.2) is 11.6 Å². The van der Waals surface area contributed by atoms with Crippen LogP contribution in [0.3, 0.4) is 0 Å². The van der Waals surface area contributed by atoms with Crippen molar-refractivity contribution in [3.05, 3.63) is 11.6 Å². The fourth-order valence-electron chi connectivity index (χ4n) is 2.45. The molecule has 1 N–H and O–H groups in total. The molecule has 0 rings (SSSR count). The minimum atomic E-state index is -0.581. The summed E-state index contributed by atoms with van der Waals surface area (Å²) in [4.78, 5) is 24.0. The first kappa shape index (κ1) is 22.7. The first-order valence-electron chi connectivity index (χ1n) is 9.50. The minimum Gasteiger partial charge on any atom is -0.464 e. The van der Waals surface area contributed by atoms with Crippen molar-refractivity contribution in [2.75, 3.05) is 6.61 Å². The van der Waals surface area contributed by atoms with E-state index in [-0.39, 0.29) is 17.8 Å². The SMILES string of the molecule is CCCCCCCCCCOC(=O)C(NC(=O)C=C(C)C)C(C)C. The molecule has 1 amide bonds. The second-order valence-electron chi connectivity index (χ2n) is 7.09. The lowest BCUT2D eigenvalue weighted by Gasteiger charge is -2.20. The Morgan fingerprint density at radius 3 is 2.00 bits per heavy atom. The van der Waals surface area contributed by atoms with Crippen molar-refractivity contribution < 1.29 is 14.3 Å². The van der Waals surface area contributed by atoms with Crippen molar-refractivity contribution in [2.24, 2.45) is 5.92 Å². The average Bonchev–Trinajstić information content (AvgIpc) is 2.49. The highest BCUT2D eigenvalue weighted by Crippen LogP contribution is 2.09. The molecule has 0 saturated heterocycles. The van der Waals surface area contributed by atoms with Crippen LogP contribution in [-0.2, 0) is 14.3 Å². The van der Waals surface area contributed by atoms with Gasteiger partial charge < -0.3 is 10.1 Å². The zero-order valence-corrected chi connectivity index (χ0v) is 16.3. The summed E-state index contributed by atoms with van der Waals surface area (Å²) in [6, 6.07) is -0.581. The fraction of sp³-hybridized carbons (Fsp3) is 0.800. The van der Waals surface area contributed by atoms with Gasteiger partial charge in [0.2, 0.25) is 5.91 Å². The Balaban J connectivity index is 3.96. The zero-order valence-electron chi connectivity index (χ0n) is 16.3. The summed E-state index contributed by atoms with van der Waals surface area (Å²) in [6.07, 6.45) is 11.2. The van der Waals surface area contributed by atoms with Gasteiger partial charge in [0.15, 0.2) is 0 Å². The Morgan fingerprint density at radius 2 is 1.50 bits per heavy atom. The second kappa shape index (κ2) is 14.1. The van der Waals surface area contributed by atoms with Gasteiger partial charge in [-0.25, -0.2) is 4.79 Å². The van der Waals surface area contributed by atoms with Gasteiger partial charge in [-0.05, 0) is 26.2 Å². The number of hydrogen-bond acceptors (Lipinski definition) is 3. The van der Waals surface area contributed by atoms with E-state index in [0.717, 1.165) is 18.4 Å². The quantitative estimate of drug-likeness (QED) is 0.298. The Hall–Kier alpha value is -1.32. The van der Waals surface area contributed by atoms with Crippen molar-refractivity contribution in [3.8, 4) is 0 Å². The lowest BCUT2D eigenvalue weighted by Crippen LogP contribution is -2.44. The van der Waals surface area contributed by atoms with Crippen molar-refractivity contribution >= 4 is 11.9 Å². The van der Waals surface area contributed by atoms with Gasteiger partial charge in [-0.15, -0.1) is 0 Å². The van der Waals surface area contributed by atoms with E-state index in [9.17, 15) is 9.59 Å². The van der Waals surface area contributed by atoms with Crippen LogP contribution >= 0.6 is 0 Å². The summed E-state index contributed by atoms with van der Waals surface area (Å²) in [5.74, 6) is -0.563. The van der Waals surface area contributed by atoms with Gasteiger partial charge in [-0.3, -0.25) is 4.79 Å². The maximum atomic E-state index is 12.2. The number of ether oxygens (including phenoxy) is 1. The third-order valence-corrected chi connectivity index (χ3v) is 3.88. The molecule has 0 heterocycles. The Labute approximate surface area is 148 Å². The highest BCUT2D eigenvalue weighted by molar-refractivity contribution is 5.92. The fourth-order valence-corrected chi connectivity index (χ4v) is 2.45. The normalized spacial score (nSPS) is 11.9. The monoisotopic (exact) mass is 339 g/mol. The van der Waals surface area contributed by atoms with Crippen molar-refractivity contribution in [1.29, 1.82) is 0 Å². The number of carbonyl (C=O) groups is 2. The van der Waals surface area contributed by atoms with E-state index in [1.807, 2.05) is 27.7 Å². The molecular weight excluding hydrogens is 302 g/mol. The van der Waals surface area contributed by atoms with Crippen molar-refractivity contribution in [3.63, 3.8) is 0 Å². The van der Waals surface area contributed by atoms with Crippen LogP contribution in [0, 0.1) is 5.92 Å². The molecule has 0 bridgehead atoms. The van der Waals surface area contributed by atoms with Gasteiger partial charge in [0.1, 0.15) is 6.04 Å². The summed E-state index contributed by atoms with van der Waals surface area (Å²) in [5.41, 5.74) is 0.905. The molecule has 1 unspecified atom stereocenters. The molecule has 0 aliphatic rings. The lowest BCUT2D eigenvalue weighted by molar-refractivity contribution is -0.148. The highest BCUT2D eigenvalue weighted by Gasteiger charge is 2.24. The van der Waals surface area contributed by atoms with Gasteiger partial charge in [-0.2, -0.15) is 0 Å². The molecule has 0 spiro atoms. The van der Waals surface area contributed by atoms with Crippen LogP contribution < -0.4 is 5.32 Å². The minimum absolute atomic E-state index is 0.00516. The van der Waals surface area contributed by atoms with Crippen LogP contribution in [0.1, 0.15) is 86.0 Å². The largest absolute Gasteiger partial charge is 0.464 e. The van der Waals surface area contributed by atoms with Crippen LogP contribution in [0.2, 0.25) is 0 Å². The summed E-state index contributed by atoms with van der Waals surface area (Å²) in [7, 11) is 0. The van der Waals surface area contributed by atoms with Gasteiger partial charge >= 0.3 is 5.97 Å². The van der Waals surface area contributed by atoms with Crippen molar-refractivity contribution in [1.82, 2.24) is 5.32 Å². The topological polar surface area (TPSA) is 55.4 Å². The number of rotatable bonds is 13. The summed E-state index contributed by atoms with van der Waals surface area (Å²) >= 11 is 0. The molecule has 24 heavy (non-hydrogen) atoms. The third-order valence-electron chi connectivity index (χ3n) is 3.88. The standard InChI is InChI=1S/C20H37NO3/c1-6-7-8-9-10-11-12-13-14-24-20(23)19(17(4)5)21-18(22)15-16(2)3/h15,17,19H,6-14H2,1-5H3,(H,21,22). The first-order chi connectivity index (χ1) is 11.4. The number of nitrogens with one attached hydrogen (secondary N) is 1. The number of esters is 1. The predicted octanol–water partition coefficient (Wildman–Crippen LogP) is 4.78. The Morgan fingerprint density at radius 1 is 0.958 bits per heavy atom. The smallest absolute Gasteiger partial charge is 0.328 e. The van der Waals surface area contributed by atoms with Crippen LogP contribution in [0.5, 0.6) is 0 Å². The number of carbonyl (C=O) groups excluding carboxylic acids is 2. The maximum Gasteiger partial charge on any atom is 0.328 e. The number of unbranched alkanes of at least 4 members (excludes halogenated alkanes) is 7. The molecule has 4 nitrogen and oxygen atoms in total. The number of amides is 1. The van der Waals surface area contributed by atoms with Crippen molar-refractivity contribution in [2.45, 2.75) is 92.0 Å². The summed E-state index contributed by atoms with van der Waals surface area (Å²) in [5, 5.41) is 2.74. The zero-order chi connectivity index (χ0) is 18.4. The molecule has 140 valence electrons. The van der Waals surface area contributed by atoms with E-state index in [1.165, 1.54) is 44.6 Å². The first-order valence-corrected chi connectivity index (χ1v) is 9.50.